The molecule has 1 radical (unpaired) electrons. The average Bonchev–Trinajstić information content (AvgIpc) is 3.73. The van der Waals surface area contributed by atoms with E-state index in [0.29, 0.717) is 5.92 Å². The Bertz CT molecular complexity index is 2640. The van der Waals surface area contributed by atoms with E-state index in [4.69, 9.17) is 13.8 Å². The number of rotatable bonds is 5. The topological polar surface area (TPSA) is 52.1 Å². The van der Waals surface area contributed by atoms with Gasteiger partial charge in [-0.2, -0.15) is 0 Å². The number of nitrogens with zero attached hydrogens (tertiary/aromatic N) is 2. The molecule has 0 aliphatic carbocycles. The molecule has 0 atom stereocenters. The van der Waals surface area contributed by atoms with Crippen molar-refractivity contribution >= 4 is 57.1 Å². The molecule has 0 saturated carbocycles. The summed E-state index contributed by atoms with van der Waals surface area (Å²) in [6, 6.07) is 48.1. The second-order valence-electron chi connectivity index (χ2n) is 14.3. The van der Waals surface area contributed by atoms with Crippen LogP contribution in [0.3, 0.4) is 0 Å². The molecule has 0 amide bonds. The summed E-state index contributed by atoms with van der Waals surface area (Å²) in [6.07, 6.45) is 3.88. The van der Waals surface area contributed by atoms with Gasteiger partial charge in [0.2, 0.25) is 0 Å². The molecule has 6 heteroatoms. The number of pyridine rings is 2. The Morgan fingerprint density at radius 2 is 1.42 bits per heavy atom. The van der Waals surface area contributed by atoms with E-state index < -0.39 is 8.07 Å². The monoisotopic (exact) mass is 871 g/mol. The van der Waals surface area contributed by atoms with Crippen LogP contribution in [0.1, 0.15) is 25.3 Å². The first-order valence-electron chi connectivity index (χ1n) is 17.4. The van der Waals surface area contributed by atoms with Gasteiger partial charge in [-0.3, -0.25) is 0 Å². The van der Waals surface area contributed by atoms with E-state index in [9.17, 15) is 0 Å². The van der Waals surface area contributed by atoms with Gasteiger partial charge in [0.15, 0.2) is 0 Å². The van der Waals surface area contributed by atoms with Gasteiger partial charge in [-0.25, -0.2) is 0 Å². The van der Waals surface area contributed by atoms with Gasteiger partial charge < -0.3 is 18.8 Å². The Hall–Kier alpha value is -5.13. The Kier molecular flexibility index (Phi) is 9.82. The molecule has 52 heavy (non-hydrogen) atoms. The molecule has 9 rings (SSSR count). The van der Waals surface area contributed by atoms with Gasteiger partial charge in [-0.15, -0.1) is 35.9 Å². The Labute approximate surface area is 318 Å². The van der Waals surface area contributed by atoms with Crippen molar-refractivity contribution in [3.05, 3.63) is 151 Å². The van der Waals surface area contributed by atoms with Gasteiger partial charge in [0, 0.05) is 37.9 Å². The summed E-state index contributed by atoms with van der Waals surface area (Å²) in [7, 11) is -1.23. The van der Waals surface area contributed by atoms with Gasteiger partial charge in [0.1, 0.15) is 11.2 Å². The molecule has 4 heterocycles. The van der Waals surface area contributed by atoms with Crippen LogP contribution < -0.4 is 5.19 Å². The maximum absolute atomic E-state index is 6.61. The molecule has 0 N–H and O–H groups in total. The number of hydrogen-bond donors (Lipinski definition) is 0. The number of para-hydroxylation sites is 1. The van der Waals surface area contributed by atoms with Crippen molar-refractivity contribution in [1.29, 1.82) is 0 Å². The maximum atomic E-state index is 6.61. The van der Waals surface area contributed by atoms with E-state index in [0.717, 1.165) is 77.5 Å². The van der Waals surface area contributed by atoms with E-state index in [2.05, 4.69) is 123 Å². The molecule has 0 unspecified atom stereocenters. The second-order valence-corrected chi connectivity index (χ2v) is 19.4. The molecule has 5 aromatic carbocycles. The molecule has 259 valence electrons. The van der Waals surface area contributed by atoms with Crippen LogP contribution in [0.5, 0.6) is 0 Å². The third-order valence-electron chi connectivity index (χ3n) is 9.43. The summed E-state index contributed by atoms with van der Waals surface area (Å²) in [5.41, 5.74) is 10.4. The van der Waals surface area contributed by atoms with Crippen LogP contribution in [0.2, 0.25) is 19.6 Å². The first-order chi connectivity index (χ1) is 24.7. The quantitative estimate of drug-likeness (QED) is 0.128. The molecule has 4 aromatic heterocycles. The van der Waals surface area contributed by atoms with Crippen LogP contribution in [0.15, 0.2) is 143 Å². The van der Waals surface area contributed by atoms with Crippen molar-refractivity contribution in [2.75, 3.05) is 0 Å². The van der Waals surface area contributed by atoms with Crippen LogP contribution in [0.4, 0.5) is 0 Å². The Morgan fingerprint density at radius 3 is 2.15 bits per heavy atom. The fraction of sp³-hybridized carbons (Fsp3) is 0.130. The molecular weight excluding hydrogens is 833 g/mol. The molecule has 0 fully saturated rings. The molecule has 0 aliphatic heterocycles. The van der Waals surface area contributed by atoms with Crippen molar-refractivity contribution in [2.45, 2.75) is 39.4 Å². The first kappa shape index (κ1) is 35.3. The predicted octanol–water partition coefficient (Wildman–Crippen LogP) is 12.2. The van der Waals surface area contributed by atoms with E-state index in [-0.39, 0.29) is 20.1 Å². The van der Waals surface area contributed by atoms with Crippen LogP contribution in [0.25, 0.3) is 77.5 Å². The average molecular weight is 871 g/mol. The maximum Gasteiger partial charge on any atom is 0.123 e. The zero-order valence-corrected chi connectivity index (χ0v) is 33.2. The Balaban J connectivity index is 0.000000209. The van der Waals surface area contributed by atoms with Gasteiger partial charge in [-0.05, 0) is 68.0 Å². The number of hydrogen-bond acceptors (Lipinski definition) is 4. The van der Waals surface area contributed by atoms with Crippen molar-refractivity contribution in [3.8, 4) is 33.6 Å². The third-order valence-corrected chi connectivity index (χ3v) is 11.5. The van der Waals surface area contributed by atoms with Crippen LogP contribution >= 0.6 is 0 Å². The third kappa shape index (κ3) is 6.78. The van der Waals surface area contributed by atoms with Crippen LogP contribution in [-0.4, -0.2) is 18.0 Å². The molecule has 0 bridgehead atoms. The summed E-state index contributed by atoms with van der Waals surface area (Å²) in [5, 5.41) is 5.60. The predicted molar refractivity (Wildman–Crippen MR) is 214 cm³/mol. The molecule has 9 aromatic rings. The summed E-state index contributed by atoms with van der Waals surface area (Å²) < 4.78 is 12.9. The van der Waals surface area contributed by atoms with Crippen molar-refractivity contribution < 1.29 is 28.9 Å². The minimum absolute atomic E-state index is 0. The standard InChI is InChI=1S/C32H22NO2.C14H16NSi.Ir/c1-19(2)21-14-15-33-26(16-21)25-18-29-30(23-10-6-7-11-27(23)34-29)31-24-13-12-22(17-28(24)35-32(25)31)20-8-4-3-5-9-20;1-16(2,3)13-9-10-14(15-11-13)12-7-5-4-6-8-12;/h3-17,19H,1-2H3;4-7,9-11H,1-3H3;/q2*-1;. The fourth-order valence-electron chi connectivity index (χ4n) is 6.56. The first-order valence-corrected chi connectivity index (χ1v) is 20.9. The molecule has 0 spiro atoms. The Morgan fingerprint density at radius 1 is 0.654 bits per heavy atom. The van der Waals surface area contributed by atoms with Crippen molar-refractivity contribution in [3.63, 3.8) is 0 Å². The zero-order chi connectivity index (χ0) is 35.1. The van der Waals surface area contributed by atoms with E-state index >= 15 is 0 Å². The van der Waals surface area contributed by atoms with Crippen molar-refractivity contribution in [2.24, 2.45) is 0 Å². The molecule has 4 nitrogen and oxygen atoms in total. The van der Waals surface area contributed by atoms with Gasteiger partial charge in [0.05, 0.1) is 19.2 Å². The van der Waals surface area contributed by atoms with Gasteiger partial charge >= 0.3 is 0 Å². The van der Waals surface area contributed by atoms with Crippen molar-refractivity contribution in [1.82, 2.24) is 9.97 Å². The molecule has 0 saturated heterocycles. The van der Waals surface area contributed by atoms with Gasteiger partial charge in [-0.1, -0.05) is 130 Å². The minimum Gasteiger partial charge on any atom is -0.501 e. The number of furan rings is 2. The number of fused-ring (bicyclic) bond motifs is 7. The normalized spacial score (nSPS) is 11.6. The number of benzene rings is 5. The molecular formula is C46H38IrN2O2Si-2. The summed E-state index contributed by atoms with van der Waals surface area (Å²) >= 11 is 0. The van der Waals surface area contributed by atoms with Gasteiger partial charge in [0.25, 0.3) is 0 Å². The van der Waals surface area contributed by atoms with E-state index in [1.165, 1.54) is 10.8 Å². The van der Waals surface area contributed by atoms with E-state index in [1.54, 1.807) is 0 Å². The zero-order valence-electron chi connectivity index (χ0n) is 29.8. The van der Waals surface area contributed by atoms with Crippen LogP contribution in [-0.2, 0) is 20.1 Å². The van der Waals surface area contributed by atoms with E-state index in [1.807, 2.05) is 60.9 Å². The molecule has 0 aliphatic rings. The summed E-state index contributed by atoms with van der Waals surface area (Å²) in [4.78, 5) is 9.22. The fourth-order valence-corrected chi connectivity index (χ4v) is 7.59. The summed E-state index contributed by atoms with van der Waals surface area (Å²) in [5.74, 6) is 0.395. The SMILES string of the molecule is CC(C)c1ccnc(-c2[c-]c3oc4ccccc4c3c3c2oc2cc(-c4ccccc4)ccc23)c1.C[Si](C)(C)c1ccc(-c2[c-]cccc2)nc1.[Ir]. The largest absolute Gasteiger partial charge is 0.501 e. The minimum atomic E-state index is -1.23. The second kappa shape index (κ2) is 14.5. The smallest absolute Gasteiger partial charge is 0.123 e. The number of aromatic nitrogens is 2. The summed E-state index contributed by atoms with van der Waals surface area (Å²) in [6.45, 7) is 11.4. The van der Waals surface area contributed by atoms with Crippen LogP contribution in [0, 0.1) is 12.1 Å².